The van der Waals surface area contributed by atoms with E-state index < -0.39 is 0 Å². The second kappa shape index (κ2) is 6.26. The van der Waals surface area contributed by atoms with Gasteiger partial charge in [-0.3, -0.25) is 0 Å². The molecule has 1 aliphatic rings. The van der Waals surface area contributed by atoms with Crippen molar-refractivity contribution in [3.8, 4) is 0 Å². The minimum absolute atomic E-state index is 0.147. The van der Waals surface area contributed by atoms with E-state index in [2.05, 4.69) is 39.4 Å². The fraction of sp³-hybridized carbons (Fsp3) is 0.294. The molecule has 0 bridgehead atoms. The van der Waals surface area contributed by atoms with Crippen molar-refractivity contribution in [2.24, 2.45) is 0 Å². The monoisotopic (exact) mass is 349 g/mol. The average Bonchev–Trinajstić information content (AvgIpc) is 2.95. The minimum Gasteiger partial charge on any atom is -0.372 e. The third-order valence-corrected chi connectivity index (χ3v) is 4.70. The molecule has 2 aromatic rings. The van der Waals surface area contributed by atoms with Crippen LogP contribution >= 0.6 is 15.9 Å². The Bertz CT molecular complexity index is 659. The maximum Gasteiger partial charge on any atom is 0.123 e. The average molecular weight is 350 g/mol. The summed E-state index contributed by atoms with van der Waals surface area (Å²) in [6.45, 7) is 1.39. The fourth-order valence-corrected chi connectivity index (χ4v) is 3.12. The van der Waals surface area contributed by atoms with Gasteiger partial charge in [0.05, 0.1) is 13.2 Å². The summed E-state index contributed by atoms with van der Waals surface area (Å²) in [4.78, 5) is 0. The Labute approximate surface area is 132 Å². The quantitative estimate of drug-likeness (QED) is 0.896. The van der Waals surface area contributed by atoms with E-state index in [1.165, 1.54) is 22.8 Å². The van der Waals surface area contributed by atoms with Crippen LogP contribution < -0.4 is 5.32 Å². The molecule has 0 amide bonds. The number of likely N-dealkylation sites (N-methyl/N-ethyl adjacent to an activating group) is 1. The van der Waals surface area contributed by atoms with E-state index in [1.54, 1.807) is 12.1 Å². The van der Waals surface area contributed by atoms with Crippen LogP contribution in [-0.4, -0.2) is 7.05 Å². The van der Waals surface area contributed by atoms with Gasteiger partial charge >= 0.3 is 0 Å². The molecule has 0 radical (unpaired) electrons. The molecule has 4 heteroatoms. The van der Waals surface area contributed by atoms with Gasteiger partial charge in [0.25, 0.3) is 0 Å². The summed E-state index contributed by atoms with van der Waals surface area (Å²) < 4.78 is 19.8. The second-order valence-electron chi connectivity index (χ2n) is 5.30. The highest BCUT2D eigenvalue weighted by Crippen LogP contribution is 2.28. The molecule has 1 unspecified atom stereocenters. The number of halogens is 2. The Morgan fingerprint density at radius 3 is 2.81 bits per heavy atom. The zero-order valence-electron chi connectivity index (χ0n) is 11.8. The highest BCUT2D eigenvalue weighted by atomic mass is 79.9. The van der Waals surface area contributed by atoms with Crippen molar-refractivity contribution < 1.29 is 9.13 Å². The van der Waals surface area contributed by atoms with Gasteiger partial charge in [-0.05, 0) is 53.9 Å². The molecule has 0 aliphatic carbocycles. The summed E-state index contributed by atoms with van der Waals surface area (Å²) in [5, 5.41) is 3.32. The Balaban J connectivity index is 1.86. The Hall–Kier alpha value is -1.23. The summed E-state index contributed by atoms with van der Waals surface area (Å²) in [5.74, 6) is -0.203. The van der Waals surface area contributed by atoms with Crippen LogP contribution in [0.15, 0.2) is 40.9 Å². The standard InChI is InChI=1S/C17H17BrFNO/c1-20-17(8-13-7-15(19)4-5-16(13)18)11-2-3-12-9-21-10-14(12)6-11/h2-7,17,20H,8-10H2,1H3. The Morgan fingerprint density at radius 1 is 1.19 bits per heavy atom. The lowest BCUT2D eigenvalue weighted by Crippen LogP contribution is -2.19. The molecule has 1 aliphatic heterocycles. The smallest absolute Gasteiger partial charge is 0.123 e. The Kier molecular flexibility index (Phi) is 4.38. The molecule has 3 rings (SSSR count). The number of benzene rings is 2. The van der Waals surface area contributed by atoms with Gasteiger partial charge in [-0.15, -0.1) is 0 Å². The van der Waals surface area contributed by atoms with Crippen molar-refractivity contribution in [1.82, 2.24) is 5.32 Å². The summed E-state index contributed by atoms with van der Waals surface area (Å²) in [6.07, 6.45) is 0.731. The first-order chi connectivity index (χ1) is 10.2. The first-order valence-electron chi connectivity index (χ1n) is 6.98. The molecular weight excluding hydrogens is 333 g/mol. The van der Waals surface area contributed by atoms with Crippen molar-refractivity contribution >= 4 is 15.9 Å². The van der Waals surface area contributed by atoms with E-state index in [1.807, 2.05) is 7.05 Å². The zero-order chi connectivity index (χ0) is 14.8. The van der Waals surface area contributed by atoms with Crippen molar-refractivity contribution in [2.45, 2.75) is 25.7 Å². The molecule has 0 saturated heterocycles. The molecule has 0 spiro atoms. The molecule has 1 N–H and O–H groups in total. The van der Waals surface area contributed by atoms with E-state index >= 15 is 0 Å². The van der Waals surface area contributed by atoms with Crippen LogP contribution in [-0.2, 0) is 24.4 Å². The first-order valence-corrected chi connectivity index (χ1v) is 7.77. The van der Waals surface area contributed by atoms with Gasteiger partial charge in [0.1, 0.15) is 5.82 Å². The van der Waals surface area contributed by atoms with Crippen LogP contribution in [0.4, 0.5) is 4.39 Å². The second-order valence-corrected chi connectivity index (χ2v) is 6.16. The summed E-state index contributed by atoms with van der Waals surface area (Å²) in [6, 6.07) is 11.4. The van der Waals surface area contributed by atoms with E-state index in [9.17, 15) is 4.39 Å². The molecule has 2 nitrogen and oxygen atoms in total. The topological polar surface area (TPSA) is 21.3 Å². The van der Waals surface area contributed by atoms with E-state index in [4.69, 9.17) is 4.74 Å². The van der Waals surface area contributed by atoms with Gasteiger partial charge in [-0.25, -0.2) is 4.39 Å². The normalized spacial score (nSPS) is 15.0. The lowest BCUT2D eigenvalue weighted by Gasteiger charge is -2.18. The number of ether oxygens (including phenoxy) is 1. The van der Waals surface area contributed by atoms with Gasteiger partial charge in [-0.2, -0.15) is 0 Å². The van der Waals surface area contributed by atoms with Crippen LogP contribution in [0.1, 0.15) is 28.3 Å². The van der Waals surface area contributed by atoms with E-state index in [0.717, 1.165) is 16.5 Å². The lowest BCUT2D eigenvalue weighted by molar-refractivity contribution is 0.134. The first kappa shape index (κ1) is 14.7. The van der Waals surface area contributed by atoms with E-state index in [0.29, 0.717) is 13.2 Å². The van der Waals surface area contributed by atoms with Crippen molar-refractivity contribution in [1.29, 1.82) is 0 Å². The third-order valence-electron chi connectivity index (χ3n) is 3.93. The van der Waals surface area contributed by atoms with Crippen LogP contribution in [0.5, 0.6) is 0 Å². The Morgan fingerprint density at radius 2 is 2.00 bits per heavy atom. The van der Waals surface area contributed by atoms with Crippen LogP contribution in [0.3, 0.4) is 0 Å². The number of hydrogen-bond donors (Lipinski definition) is 1. The maximum atomic E-state index is 13.4. The van der Waals surface area contributed by atoms with Crippen molar-refractivity contribution in [3.05, 3.63) is 68.9 Å². The van der Waals surface area contributed by atoms with Gasteiger partial charge in [0.2, 0.25) is 0 Å². The van der Waals surface area contributed by atoms with Crippen LogP contribution in [0, 0.1) is 5.82 Å². The van der Waals surface area contributed by atoms with Crippen molar-refractivity contribution in [2.75, 3.05) is 7.05 Å². The SMILES string of the molecule is CNC(Cc1cc(F)ccc1Br)c1ccc2c(c1)COC2. The predicted molar refractivity (Wildman–Crippen MR) is 84.5 cm³/mol. The van der Waals surface area contributed by atoms with Gasteiger partial charge in [-0.1, -0.05) is 34.1 Å². The molecule has 1 atom stereocenters. The number of nitrogens with one attached hydrogen (secondary N) is 1. The fourth-order valence-electron chi connectivity index (χ4n) is 2.71. The van der Waals surface area contributed by atoms with Crippen LogP contribution in [0.25, 0.3) is 0 Å². The largest absolute Gasteiger partial charge is 0.372 e. The highest BCUT2D eigenvalue weighted by molar-refractivity contribution is 9.10. The summed E-state index contributed by atoms with van der Waals surface area (Å²) in [5.41, 5.74) is 4.69. The van der Waals surface area contributed by atoms with Crippen molar-refractivity contribution in [3.63, 3.8) is 0 Å². The van der Waals surface area contributed by atoms with E-state index in [-0.39, 0.29) is 11.9 Å². The number of fused-ring (bicyclic) bond motifs is 1. The molecule has 110 valence electrons. The molecule has 0 aromatic heterocycles. The summed E-state index contributed by atoms with van der Waals surface area (Å²) in [7, 11) is 1.93. The molecule has 0 fully saturated rings. The minimum atomic E-state index is -0.203. The molecule has 0 saturated carbocycles. The lowest BCUT2D eigenvalue weighted by atomic mass is 9.96. The maximum absolute atomic E-state index is 13.4. The van der Waals surface area contributed by atoms with Gasteiger partial charge in [0, 0.05) is 10.5 Å². The zero-order valence-corrected chi connectivity index (χ0v) is 13.4. The molecular formula is C17H17BrFNO. The third kappa shape index (κ3) is 3.18. The number of hydrogen-bond acceptors (Lipinski definition) is 2. The molecule has 1 heterocycles. The predicted octanol–water partition coefficient (Wildman–Crippen LogP) is 4.12. The molecule has 21 heavy (non-hydrogen) atoms. The summed E-state index contributed by atoms with van der Waals surface area (Å²) >= 11 is 3.50. The highest BCUT2D eigenvalue weighted by Gasteiger charge is 2.17. The molecule has 2 aromatic carbocycles. The van der Waals surface area contributed by atoms with Gasteiger partial charge < -0.3 is 10.1 Å². The number of rotatable bonds is 4. The van der Waals surface area contributed by atoms with Crippen LogP contribution in [0.2, 0.25) is 0 Å². The van der Waals surface area contributed by atoms with Gasteiger partial charge in [0.15, 0.2) is 0 Å².